The molecule has 182 valence electrons. The number of likely N-dealkylation sites (N-methyl/N-ethyl adjacent to an activating group) is 1. The van der Waals surface area contributed by atoms with E-state index < -0.39 is 0 Å². The Labute approximate surface area is 215 Å². The van der Waals surface area contributed by atoms with Gasteiger partial charge in [-0.05, 0) is 45.0 Å². The average molecular weight is 508 g/mol. The number of aromatic nitrogens is 1. The van der Waals surface area contributed by atoms with E-state index in [1.54, 1.807) is 16.4 Å². The van der Waals surface area contributed by atoms with Crippen molar-refractivity contribution in [2.45, 2.75) is 33.4 Å². The third-order valence-electron chi connectivity index (χ3n) is 6.73. The molecular weight excluding hydrogens is 478 g/mol. The molecule has 1 aromatic carbocycles. The molecule has 1 aromatic heterocycles. The lowest BCUT2D eigenvalue weighted by Crippen LogP contribution is -2.47. The van der Waals surface area contributed by atoms with Crippen molar-refractivity contribution in [1.29, 1.82) is 5.26 Å². The van der Waals surface area contributed by atoms with E-state index in [4.69, 9.17) is 12.2 Å². The third kappa shape index (κ3) is 4.66. The summed E-state index contributed by atoms with van der Waals surface area (Å²) in [4.78, 5) is 33.3. The number of nitriles is 1. The number of anilines is 1. The van der Waals surface area contributed by atoms with E-state index in [0.29, 0.717) is 21.3 Å². The Hall–Kier alpha value is -2.93. The van der Waals surface area contributed by atoms with Gasteiger partial charge < -0.3 is 9.80 Å². The van der Waals surface area contributed by atoms with Crippen LogP contribution in [-0.4, -0.2) is 57.8 Å². The van der Waals surface area contributed by atoms with Crippen LogP contribution >= 0.6 is 24.0 Å². The van der Waals surface area contributed by atoms with Gasteiger partial charge in [-0.15, -0.1) is 0 Å². The highest BCUT2D eigenvalue weighted by Gasteiger charge is 2.36. The number of hydrogen-bond donors (Lipinski definition) is 0. The van der Waals surface area contributed by atoms with Crippen molar-refractivity contribution in [3.63, 3.8) is 0 Å². The molecule has 0 aliphatic carbocycles. The maximum atomic E-state index is 13.5. The molecule has 35 heavy (non-hydrogen) atoms. The van der Waals surface area contributed by atoms with Gasteiger partial charge in [-0.2, -0.15) is 5.26 Å². The monoisotopic (exact) mass is 507 g/mol. The summed E-state index contributed by atoms with van der Waals surface area (Å²) in [5.74, 6) is 0.608. The van der Waals surface area contributed by atoms with Gasteiger partial charge in [0, 0.05) is 38.3 Å². The molecule has 9 heteroatoms. The number of thiocarbonyl (C=S) groups is 1. The van der Waals surface area contributed by atoms with Crippen molar-refractivity contribution in [2.24, 2.45) is 0 Å². The number of thioether (sulfide) groups is 1. The van der Waals surface area contributed by atoms with Crippen LogP contribution in [0.5, 0.6) is 0 Å². The van der Waals surface area contributed by atoms with E-state index >= 15 is 0 Å². The average Bonchev–Trinajstić information content (AvgIpc) is 3.14. The van der Waals surface area contributed by atoms with Gasteiger partial charge >= 0.3 is 0 Å². The summed E-state index contributed by atoms with van der Waals surface area (Å²) in [5.41, 5.74) is 2.16. The van der Waals surface area contributed by atoms with Crippen LogP contribution in [0.4, 0.5) is 5.82 Å². The van der Waals surface area contributed by atoms with Gasteiger partial charge in [0.15, 0.2) is 0 Å². The first kappa shape index (κ1) is 25.2. The number of rotatable bonds is 5. The Kier molecular flexibility index (Phi) is 7.45. The normalized spacial score (nSPS) is 18.9. The first-order valence-electron chi connectivity index (χ1n) is 11.7. The molecule has 7 nitrogen and oxygen atoms in total. The van der Waals surface area contributed by atoms with Crippen molar-refractivity contribution in [3.8, 4) is 6.07 Å². The molecule has 1 unspecified atom stereocenters. The third-order valence-corrected chi connectivity index (χ3v) is 8.06. The first-order valence-corrected chi connectivity index (χ1v) is 12.9. The van der Waals surface area contributed by atoms with Crippen LogP contribution in [0, 0.1) is 18.3 Å². The minimum absolute atomic E-state index is 0.115. The van der Waals surface area contributed by atoms with E-state index in [1.165, 1.54) is 11.8 Å². The summed E-state index contributed by atoms with van der Waals surface area (Å²) < 4.78 is 2.16. The molecule has 2 fully saturated rings. The summed E-state index contributed by atoms with van der Waals surface area (Å²) in [5, 5.41) is 9.77. The van der Waals surface area contributed by atoms with Crippen LogP contribution in [-0.2, 0) is 11.3 Å². The van der Waals surface area contributed by atoms with Gasteiger partial charge in [0.2, 0.25) is 0 Å². The number of benzene rings is 1. The van der Waals surface area contributed by atoms with Crippen LogP contribution < -0.4 is 10.5 Å². The van der Waals surface area contributed by atoms with Crippen LogP contribution in [0.1, 0.15) is 42.1 Å². The van der Waals surface area contributed by atoms with E-state index in [0.717, 1.165) is 43.1 Å². The highest BCUT2D eigenvalue weighted by atomic mass is 32.2. The van der Waals surface area contributed by atoms with Crippen molar-refractivity contribution in [2.75, 3.05) is 38.1 Å². The molecule has 2 aromatic rings. The molecule has 0 saturated carbocycles. The quantitative estimate of drug-likeness (QED) is 0.451. The van der Waals surface area contributed by atoms with Gasteiger partial charge in [-0.1, -0.05) is 54.3 Å². The Bertz CT molecular complexity index is 1290. The Morgan fingerprint density at radius 3 is 2.43 bits per heavy atom. The number of nitrogens with zero attached hydrogens (tertiary/aromatic N) is 5. The Balaban J connectivity index is 1.83. The molecule has 0 spiro atoms. The van der Waals surface area contributed by atoms with E-state index in [2.05, 4.69) is 22.9 Å². The summed E-state index contributed by atoms with van der Waals surface area (Å²) in [6.07, 6.45) is 1.83. The molecule has 1 atom stereocenters. The molecule has 0 N–H and O–H groups in total. The van der Waals surface area contributed by atoms with Crippen molar-refractivity contribution in [3.05, 3.63) is 67.8 Å². The smallest absolute Gasteiger partial charge is 0.270 e. The summed E-state index contributed by atoms with van der Waals surface area (Å²) in [7, 11) is 2.08. The molecule has 0 bridgehead atoms. The molecule has 0 radical (unpaired) electrons. The maximum Gasteiger partial charge on any atom is 0.270 e. The zero-order valence-corrected chi connectivity index (χ0v) is 22.1. The minimum atomic E-state index is -0.288. The minimum Gasteiger partial charge on any atom is -0.355 e. The number of pyridine rings is 1. The van der Waals surface area contributed by atoms with Crippen molar-refractivity contribution >= 4 is 46.1 Å². The molecule has 2 aliphatic rings. The number of hydrogen-bond acceptors (Lipinski definition) is 7. The number of amides is 1. The predicted octanol–water partition coefficient (Wildman–Crippen LogP) is 3.76. The van der Waals surface area contributed by atoms with Crippen LogP contribution in [0.15, 0.2) is 40.0 Å². The second-order valence-electron chi connectivity index (χ2n) is 8.83. The number of carbonyl (C=O) groups excluding carboxylic acids is 1. The van der Waals surface area contributed by atoms with E-state index in [1.807, 2.05) is 50.3 Å². The van der Waals surface area contributed by atoms with Gasteiger partial charge in [-0.25, -0.2) is 0 Å². The Morgan fingerprint density at radius 1 is 1.17 bits per heavy atom. The second kappa shape index (κ2) is 10.4. The fourth-order valence-corrected chi connectivity index (χ4v) is 6.02. The summed E-state index contributed by atoms with van der Waals surface area (Å²) in [6, 6.07) is 11.7. The molecule has 1 amide bonds. The SMILES string of the molecule is CCn1c(N2CCN(C)CC2)c(C=C2SC(=S)N(C(C)c3ccccc3)C2=O)c(C)c(C#N)c1=O. The molecule has 4 rings (SSSR count). The van der Waals surface area contributed by atoms with Crippen molar-refractivity contribution in [1.82, 2.24) is 14.4 Å². The van der Waals surface area contributed by atoms with Crippen LogP contribution in [0.3, 0.4) is 0 Å². The molecule has 3 heterocycles. The fourth-order valence-electron chi connectivity index (χ4n) is 4.62. The van der Waals surface area contributed by atoms with Crippen molar-refractivity contribution < 1.29 is 4.79 Å². The van der Waals surface area contributed by atoms with Gasteiger partial charge in [-0.3, -0.25) is 19.1 Å². The maximum absolute atomic E-state index is 13.5. The second-order valence-corrected chi connectivity index (χ2v) is 10.5. The van der Waals surface area contributed by atoms with Gasteiger partial charge in [0.05, 0.1) is 10.9 Å². The fraction of sp³-hybridized carbons (Fsp3) is 0.385. The summed E-state index contributed by atoms with van der Waals surface area (Å²) in [6.45, 7) is 9.35. The molecular formula is C26H29N5O2S2. The lowest BCUT2D eigenvalue weighted by molar-refractivity contribution is -0.123. The van der Waals surface area contributed by atoms with Gasteiger partial charge in [0.1, 0.15) is 21.8 Å². The molecule has 2 aliphatic heterocycles. The highest BCUT2D eigenvalue weighted by molar-refractivity contribution is 8.26. The lowest BCUT2D eigenvalue weighted by Gasteiger charge is -2.36. The van der Waals surface area contributed by atoms with Crippen LogP contribution in [0.2, 0.25) is 0 Å². The highest BCUT2D eigenvalue weighted by Crippen LogP contribution is 2.39. The zero-order valence-electron chi connectivity index (χ0n) is 20.4. The summed E-state index contributed by atoms with van der Waals surface area (Å²) >= 11 is 6.88. The number of carbonyl (C=O) groups is 1. The van der Waals surface area contributed by atoms with Gasteiger partial charge in [0.25, 0.3) is 11.5 Å². The number of piperazine rings is 1. The predicted molar refractivity (Wildman–Crippen MR) is 145 cm³/mol. The Morgan fingerprint density at radius 2 is 1.83 bits per heavy atom. The standard InChI is InChI=1S/C26H29N5O2S2/c1-5-30-23(29-13-11-28(4)12-14-29)20(17(2)21(16-27)24(30)32)15-22-25(33)31(26(34)35-22)18(3)19-9-7-6-8-10-19/h6-10,15,18H,5,11-14H2,1-4H3. The first-order chi connectivity index (χ1) is 16.8. The topological polar surface area (TPSA) is 72.6 Å². The zero-order chi connectivity index (χ0) is 25.3. The lowest BCUT2D eigenvalue weighted by atomic mass is 10.0. The van der Waals surface area contributed by atoms with Crippen LogP contribution in [0.25, 0.3) is 6.08 Å². The van der Waals surface area contributed by atoms with E-state index in [-0.39, 0.29) is 23.1 Å². The molecule has 2 saturated heterocycles. The largest absolute Gasteiger partial charge is 0.355 e. The van der Waals surface area contributed by atoms with E-state index in [9.17, 15) is 14.9 Å².